The molecule has 0 atom stereocenters. The van der Waals surface area contributed by atoms with E-state index in [2.05, 4.69) is 15.2 Å². The van der Waals surface area contributed by atoms with Crippen LogP contribution in [0.25, 0.3) is 17.0 Å². The molecule has 0 saturated heterocycles. The van der Waals surface area contributed by atoms with Crippen molar-refractivity contribution in [1.82, 2.24) is 19.6 Å². The van der Waals surface area contributed by atoms with Gasteiger partial charge >= 0.3 is 6.18 Å². The van der Waals surface area contributed by atoms with Crippen molar-refractivity contribution >= 4 is 17.2 Å². The zero-order chi connectivity index (χ0) is 15.2. The Balaban J connectivity index is 2.22. The molecule has 0 bridgehead atoms. The largest absolute Gasteiger partial charge is 0.419 e. The molecule has 0 radical (unpaired) electrons. The first kappa shape index (κ1) is 13.7. The maximum absolute atomic E-state index is 13.3. The number of rotatable bonds is 1. The summed E-state index contributed by atoms with van der Waals surface area (Å²) in [5, 5.41) is 7.59. The van der Waals surface area contributed by atoms with E-state index in [1.807, 2.05) is 0 Å². The molecular weight excluding hydrogens is 312 g/mol. The van der Waals surface area contributed by atoms with Crippen LogP contribution in [-0.4, -0.2) is 19.6 Å². The topological polar surface area (TPSA) is 43.1 Å². The molecule has 2 heterocycles. The summed E-state index contributed by atoms with van der Waals surface area (Å²) >= 11 is 5.81. The molecule has 0 unspecified atom stereocenters. The van der Waals surface area contributed by atoms with Gasteiger partial charge in [-0.25, -0.2) is 9.37 Å². The lowest BCUT2D eigenvalue weighted by Crippen LogP contribution is -2.08. The van der Waals surface area contributed by atoms with Crippen molar-refractivity contribution in [3.8, 4) is 11.4 Å². The number of hydrogen-bond acceptors (Lipinski definition) is 3. The maximum atomic E-state index is 13.3. The first-order chi connectivity index (χ1) is 9.88. The fraction of sp³-hybridized carbons (Fsp3) is 0.0833. The SMILES string of the molecule is Fc1ccc(-c2nnc3c(Cl)nccn23)cc1C(F)(F)F. The summed E-state index contributed by atoms with van der Waals surface area (Å²) in [6.45, 7) is 0. The van der Waals surface area contributed by atoms with E-state index in [9.17, 15) is 17.6 Å². The summed E-state index contributed by atoms with van der Waals surface area (Å²) in [6.07, 6.45) is -1.98. The van der Waals surface area contributed by atoms with Crippen molar-refractivity contribution in [1.29, 1.82) is 0 Å². The van der Waals surface area contributed by atoms with Crippen LogP contribution in [0.4, 0.5) is 17.6 Å². The lowest BCUT2D eigenvalue weighted by atomic mass is 10.1. The minimum Gasteiger partial charge on any atom is -0.278 e. The van der Waals surface area contributed by atoms with E-state index in [0.717, 1.165) is 6.07 Å². The molecular formula is C12H5ClF4N4. The molecule has 9 heteroatoms. The molecule has 4 nitrogen and oxygen atoms in total. The molecule has 21 heavy (non-hydrogen) atoms. The lowest BCUT2D eigenvalue weighted by molar-refractivity contribution is -0.139. The molecule has 0 aliphatic rings. The smallest absolute Gasteiger partial charge is 0.278 e. The van der Waals surface area contributed by atoms with Crippen molar-refractivity contribution in [2.24, 2.45) is 0 Å². The fourth-order valence-corrected chi connectivity index (χ4v) is 2.06. The second-order valence-electron chi connectivity index (χ2n) is 4.13. The highest BCUT2D eigenvalue weighted by Gasteiger charge is 2.34. The number of hydrogen-bond donors (Lipinski definition) is 0. The summed E-state index contributed by atoms with van der Waals surface area (Å²) in [5.41, 5.74) is -1.09. The molecule has 0 aliphatic heterocycles. The van der Waals surface area contributed by atoms with Gasteiger partial charge in [-0.3, -0.25) is 4.40 Å². The standard InChI is InChI=1S/C12H5ClF4N4/c13-9-11-20-19-10(21(11)4-3-18-9)6-1-2-8(14)7(5-6)12(15,16)17/h1-5H. The Kier molecular flexibility index (Phi) is 3.05. The van der Waals surface area contributed by atoms with Crippen LogP contribution in [0.2, 0.25) is 5.15 Å². The van der Waals surface area contributed by atoms with Gasteiger partial charge in [0, 0.05) is 18.0 Å². The number of nitrogens with zero attached hydrogens (tertiary/aromatic N) is 4. The fourth-order valence-electron chi connectivity index (χ4n) is 1.87. The van der Waals surface area contributed by atoms with Crippen LogP contribution in [0, 0.1) is 5.82 Å². The zero-order valence-electron chi connectivity index (χ0n) is 10.1. The second kappa shape index (κ2) is 4.66. The van der Waals surface area contributed by atoms with E-state index in [1.54, 1.807) is 0 Å². The predicted octanol–water partition coefficient (Wildman–Crippen LogP) is 3.60. The van der Waals surface area contributed by atoms with Gasteiger partial charge in [-0.2, -0.15) is 13.2 Å². The normalized spacial score (nSPS) is 12.0. The highest BCUT2D eigenvalue weighted by molar-refractivity contribution is 6.32. The van der Waals surface area contributed by atoms with E-state index in [4.69, 9.17) is 11.6 Å². The van der Waals surface area contributed by atoms with Gasteiger partial charge in [0.25, 0.3) is 0 Å². The quantitative estimate of drug-likeness (QED) is 0.644. The first-order valence-electron chi connectivity index (χ1n) is 5.60. The molecule has 0 amide bonds. The Morgan fingerprint density at radius 3 is 2.62 bits per heavy atom. The van der Waals surface area contributed by atoms with E-state index >= 15 is 0 Å². The maximum Gasteiger partial charge on any atom is 0.419 e. The van der Waals surface area contributed by atoms with Crippen LogP contribution in [0.15, 0.2) is 30.6 Å². The summed E-state index contributed by atoms with van der Waals surface area (Å²) in [7, 11) is 0. The highest BCUT2D eigenvalue weighted by Crippen LogP contribution is 2.34. The molecule has 0 N–H and O–H groups in total. The first-order valence-corrected chi connectivity index (χ1v) is 5.98. The van der Waals surface area contributed by atoms with E-state index < -0.39 is 17.6 Å². The van der Waals surface area contributed by atoms with Crippen molar-refractivity contribution in [2.75, 3.05) is 0 Å². The molecule has 0 saturated carbocycles. The third-order valence-corrected chi connectivity index (χ3v) is 3.08. The van der Waals surface area contributed by atoms with Gasteiger partial charge < -0.3 is 0 Å². The van der Waals surface area contributed by atoms with Crippen LogP contribution in [0.3, 0.4) is 0 Å². The summed E-state index contributed by atoms with van der Waals surface area (Å²) in [6, 6.07) is 2.61. The van der Waals surface area contributed by atoms with Crippen LogP contribution in [-0.2, 0) is 6.18 Å². The third-order valence-electron chi connectivity index (χ3n) is 2.81. The third kappa shape index (κ3) is 2.31. The molecule has 2 aromatic heterocycles. The van der Waals surface area contributed by atoms with Crippen LogP contribution in [0.5, 0.6) is 0 Å². The average molecular weight is 317 g/mol. The van der Waals surface area contributed by atoms with Crippen LogP contribution >= 0.6 is 11.6 Å². The minimum absolute atomic E-state index is 0.0643. The van der Waals surface area contributed by atoms with Crippen molar-refractivity contribution in [3.63, 3.8) is 0 Å². The molecule has 1 aromatic carbocycles. The van der Waals surface area contributed by atoms with Gasteiger partial charge in [-0.15, -0.1) is 10.2 Å². The zero-order valence-corrected chi connectivity index (χ0v) is 10.8. The van der Waals surface area contributed by atoms with Gasteiger partial charge in [-0.1, -0.05) is 11.6 Å². The number of fused-ring (bicyclic) bond motifs is 1. The molecule has 0 aliphatic carbocycles. The number of aromatic nitrogens is 4. The molecule has 0 spiro atoms. The monoisotopic (exact) mass is 316 g/mol. The Labute approximate surface area is 120 Å². The van der Waals surface area contributed by atoms with E-state index in [1.165, 1.54) is 22.9 Å². The molecule has 0 fully saturated rings. The Morgan fingerprint density at radius 1 is 1.14 bits per heavy atom. The lowest BCUT2D eigenvalue weighted by Gasteiger charge is -2.09. The number of alkyl halides is 3. The van der Waals surface area contributed by atoms with Gasteiger partial charge in [0.15, 0.2) is 16.6 Å². The van der Waals surface area contributed by atoms with Gasteiger partial charge in [0.2, 0.25) is 0 Å². The number of halogens is 5. The van der Waals surface area contributed by atoms with Crippen LogP contribution in [0.1, 0.15) is 5.56 Å². The Hall–Kier alpha value is -2.22. The number of benzene rings is 1. The van der Waals surface area contributed by atoms with Crippen molar-refractivity contribution < 1.29 is 17.6 Å². The van der Waals surface area contributed by atoms with Crippen molar-refractivity contribution in [2.45, 2.75) is 6.18 Å². The highest BCUT2D eigenvalue weighted by atomic mass is 35.5. The summed E-state index contributed by atoms with van der Waals surface area (Å²) < 4.78 is 52.9. The Morgan fingerprint density at radius 2 is 1.90 bits per heavy atom. The van der Waals surface area contributed by atoms with Gasteiger partial charge in [0.05, 0.1) is 5.56 Å². The van der Waals surface area contributed by atoms with E-state index in [0.29, 0.717) is 6.07 Å². The molecule has 108 valence electrons. The van der Waals surface area contributed by atoms with Crippen molar-refractivity contribution in [3.05, 3.63) is 47.1 Å². The Bertz CT molecular complexity index is 828. The minimum atomic E-state index is -4.79. The van der Waals surface area contributed by atoms with Gasteiger partial charge in [0.1, 0.15) is 5.82 Å². The second-order valence-corrected chi connectivity index (χ2v) is 4.49. The summed E-state index contributed by atoms with van der Waals surface area (Å²) in [4.78, 5) is 3.79. The van der Waals surface area contributed by atoms with Crippen LogP contribution < -0.4 is 0 Å². The summed E-state index contributed by atoms with van der Waals surface area (Å²) in [5.74, 6) is -1.24. The predicted molar refractivity (Wildman–Crippen MR) is 66.2 cm³/mol. The van der Waals surface area contributed by atoms with E-state index in [-0.39, 0.29) is 22.2 Å². The average Bonchev–Trinajstić information content (AvgIpc) is 2.83. The van der Waals surface area contributed by atoms with Gasteiger partial charge in [-0.05, 0) is 18.2 Å². The molecule has 3 aromatic rings. The molecule has 3 rings (SSSR count).